The molecular weight excluding hydrogens is 262 g/mol. The molecule has 1 aliphatic rings. The molecule has 0 N–H and O–H groups in total. The van der Waals surface area contributed by atoms with Crippen molar-refractivity contribution in [3.8, 4) is 17.5 Å². The van der Waals surface area contributed by atoms with Crippen LogP contribution in [0.3, 0.4) is 0 Å². The third-order valence-electron chi connectivity index (χ3n) is 3.99. The predicted molar refractivity (Wildman–Crippen MR) is 79.4 cm³/mol. The molecule has 102 valence electrons. The van der Waals surface area contributed by atoms with E-state index in [4.69, 9.17) is 10.00 Å². The molecule has 21 heavy (non-hydrogen) atoms. The van der Waals surface area contributed by atoms with Gasteiger partial charge in [-0.05, 0) is 35.4 Å². The average Bonchev–Trinajstić information content (AvgIpc) is 3.10. The number of nitrogens with zero attached hydrogens (tertiary/aromatic N) is 3. The first kappa shape index (κ1) is 12.1. The molecule has 4 nitrogen and oxygen atoms in total. The van der Waals surface area contributed by atoms with E-state index in [0.29, 0.717) is 18.8 Å². The number of aryl methyl sites for hydroxylation is 1. The van der Waals surface area contributed by atoms with E-state index >= 15 is 0 Å². The molecule has 0 spiro atoms. The van der Waals surface area contributed by atoms with Crippen molar-refractivity contribution in [2.75, 3.05) is 0 Å². The number of benzene rings is 2. The Bertz CT molecular complexity index is 902. The van der Waals surface area contributed by atoms with Gasteiger partial charge in [-0.25, -0.2) is 4.98 Å². The second-order valence-electron chi connectivity index (χ2n) is 5.29. The first-order chi connectivity index (χ1) is 10.3. The minimum atomic E-state index is 0.634. The summed E-state index contributed by atoms with van der Waals surface area (Å²) < 4.78 is 7.53. The highest BCUT2D eigenvalue weighted by Gasteiger charge is 2.15. The summed E-state index contributed by atoms with van der Waals surface area (Å²) in [5.74, 6) is 0.912. The van der Waals surface area contributed by atoms with Crippen molar-refractivity contribution in [2.24, 2.45) is 7.05 Å². The summed E-state index contributed by atoms with van der Waals surface area (Å²) in [7, 11) is 2.00. The third kappa shape index (κ3) is 1.83. The Morgan fingerprint density at radius 2 is 2.00 bits per heavy atom. The lowest BCUT2D eigenvalue weighted by atomic mass is 10.1. The lowest BCUT2D eigenvalue weighted by Crippen LogP contribution is -1.93. The standard InChI is InChI=1S/C17H13N3O/c1-20-16-5-2-11(8-18)6-15(16)19-17(20)12-3-4-13-9-21-10-14(13)7-12/h2-7H,9-10H2,1H3. The molecule has 0 saturated heterocycles. The number of nitriles is 1. The molecule has 0 saturated carbocycles. The minimum absolute atomic E-state index is 0.634. The Labute approximate surface area is 122 Å². The summed E-state index contributed by atoms with van der Waals surface area (Å²) in [6.45, 7) is 1.37. The summed E-state index contributed by atoms with van der Waals surface area (Å²) in [6, 6.07) is 14.1. The van der Waals surface area contributed by atoms with Crippen LogP contribution in [0.2, 0.25) is 0 Å². The molecule has 4 rings (SSSR count). The van der Waals surface area contributed by atoms with Gasteiger partial charge in [0.2, 0.25) is 0 Å². The van der Waals surface area contributed by atoms with E-state index in [-0.39, 0.29) is 0 Å². The Balaban J connectivity index is 1.90. The highest BCUT2D eigenvalue weighted by Crippen LogP contribution is 2.28. The van der Waals surface area contributed by atoms with Gasteiger partial charge in [0.05, 0.1) is 35.9 Å². The number of hydrogen-bond donors (Lipinski definition) is 0. The largest absolute Gasteiger partial charge is 0.372 e. The highest BCUT2D eigenvalue weighted by molar-refractivity contribution is 5.82. The van der Waals surface area contributed by atoms with Crippen molar-refractivity contribution in [3.05, 3.63) is 53.1 Å². The normalized spacial score (nSPS) is 13.3. The molecule has 1 aromatic heterocycles. The van der Waals surface area contributed by atoms with Crippen LogP contribution >= 0.6 is 0 Å². The molecule has 0 amide bonds. The second kappa shape index (κ2) is 4.44. The van der Waals surface area contributed by atoms with Gasteiger partial charge < -0.3 is 9.30 Å². The maximum absolute atomic E-state index is 9.00. The van der Waals surface area contributed by atoms with Crippen LogP contribution in [-0.2, 0) is 25.0 Å². The van der Waals surface area contributed by atoms with Gasteiger partial charge in [-0.15, -0.1) is 0 Å². The number of ether oxygens (including phenoxy) is 1. The zero-order chi connectivity index (χ0) is 14.4. The van der Waals surface area contributed by atoms with Gasteiger partial charge in [0.1, 0.15) is 5.82 Å². The van der Waals surface area contributed by atoms with E-state index in [0.717, 1.165) is 22.4 Å². The Kier molecular flexibility index (Phi) is 2.56. The van der Waals surface area contributed by atoms with Gasteiger partial charge >= 0.3 is 0 Å². The summed E-state index contributed by atoms with van der Waals surface area (Å²) in [6.07, 6.45) is 0. The molecule has 2 heterocycles. The highest BCUT2D eigenvalue weighted by atomic mass is 16.5. The van der Waals surface area contributed by atoms with Gasteiger partial charge in [-0.3, -0.25) is 0 Å². The Hall–Kier alpha value is -2.64. The smallest absolute Gasteiger partial charge is 0.140 e. The first-order valence-corrected chi connectivity index (χ1v) is 6.83. The van der Waals surface area contributed by atoms with E-state index in [1.54, 1.807) is 0 Å². The maximum atomic E-state index is 9.00. The van der Waals surface area contributed by atoms with Crippen molar-refractivity contribution in [2.45, 2.75) is 13.2 Å². The molecule has 3 aromatic rings. The fraction of sp³-hybridized carbons (Fsp3) is 0.176. The van der Waals surface area contributed by atoms with Crippen LogP contribution in [0, 0.1) is 11.3 Å². The maximum Gasteiger partial charge on any atom is 0.140 e. The van der Waals surface area contributed by atoms with Crippen molar-refractivity contribution in [3.63, 3.8) is 0 Å². The SMILES string of the molecule is Cn1c(-c2ccc3c(c2)COC3)nc2cc(C#N)ccc21. The zero-order valence-corrected chi connectivity index (χ0v) is 11.6. The molecular formula is C17H13N3O. The molecule has 0 fully saturated rings. The molecule has 4 heteroatoms. The summed E-state index contributed by atoms with van der Waals surface area (Å²) in [5, 5.41) is 9.00. The monoisotopic (exact) mass is 275 g/mol. The van der Waals surface area contributed by atoms with Crippen LogP contribution in [0.1, 0.15) is 16.7 Å². The summed E-state index contributed by atoms with van der Waals surface area (Å²) >= 11 is 0. The summed E-state index contributed by atoms with van der Waals surface area (Å²) in [4.78, 5) is 4.69. The fourth-order valence-corrected chi connectivity index (χ4v) is 2.84. The second-order valence-corrected chi connectivity index (χ2v) is 5.29. The Morgan fingerprint density at radius 3 is 2.86 bits per heavy atom. The van der Waals surface area contributed by atoms with Gasteiger partial charge in [0.25, 0.3) is 0 Å². The van der Waals surface area contributed by atoms with Crippen LogP contribution < -0.4 is 0 Å². The topological polar surface area (TPSA) is 50.8 Å². The molecule has 0 bridgehead atoms. The number of imidazole rings is 1. The van der Waals surface area contributed by atoms with E-state index in [1.165, 1.54) is 11.1 Å². The Morgan fingerprint density at radius 1 is 1.14 bits per heavy atom. The van der Waals surface area contributed by atoms with E-state index < -0.39 is 0 Å². The molecule has 2 aromatic carbocycles. The number of rotatable bonds is 1. The molecule has 1 aliphatic heterocycles. The van der Waals surface area contributed by atoms with Gasteiger partial charge in [0, 0.05) is 12.6 Å². The van der Waals surface area contributed by atoms with Crippen LogP contribution in [-0.4, -0.2) is 9.55 Å². The van der Waals surface area contributed by atoms with Gasteiger partial charge in [-0.2, -0.15) is 5.26 Å². The molecule has 0 aliphatic carbocycles. The minimum Gasteiger partial charge on any atom is -0.372 e. The van der Waals surface area contributed by atoms with Gasteiger partial charge in [0.15, 0.2) is 0 Å². The number of aromatic nitrogens is 2. The van der Waals surface area contributed by atoms with E-state index in [1.807, 2.05) is 25.2 Å². The van der Waals surface area contributed by atoms with Crippen molar-refractivity contribution >= 4 is 11.0 Å². The molecule has 0 radical (unpaired) electrons. The molecule has 0 atom stereocenters. The van der Waals surface area contributed by atoms with Crippen LogP contribution in [0.25, 0.3) is 22.4 Å². The fourth-order valence-electron chi connectivity index (χ4n) is 2.84. The summed E-state index contributed by atoms with van der Waals surface area (Å²) in [5.41, 5.74) is 6.08. The van der Waals surface area contributed by atoms with E-state index in [2.05, 4.69) is 33.8 Å². The zero-order valence-electron chi connectivity index (χ0n) is 11.6. The van der Waals surface area contributed by atoms with Crippen LogP contribution in [0.5, 0.6) is 0 Å². The lowest BCUT2D eigenvalue weighted by Gasteiger charge is -2.04. The van der Waals surface area contributed by atoms with Crippen LogP contribution in [0.15, 0.2) is 36.4 Å². The number of fused-ring (bicyclic) bond motifs is 2. The third-order valence-corrected chi connectivity index (χ3v) is 3.99. The van der Waals surface area contributed by atoms with Gasteiger partial charge in [-0.1, -0.05) is 12.1 Å². The van der Waals surface area contributed by atoms with Crippen molar-refractivity contribution in [1.29, 1.82) is 5.26 Å². The first-order valence-electron chi connectivity index (χ1n) is 6.83. The van der Waals surface area contributed by atoms with E-state index in [9.17, 15) is 0 Å². The quantitative estimate of drug-likeness (QED) is 0.685. The van der Waals surface area contributed by atoms with Crippen LogP contribution in [0.4, 0.5) is 0 Å². The molecule has 0 unspecified atom stereocenters. The predicted octanol–water partition coefficient (Wildman–Crippen LogP) is 3.14. The average molecular weight is 275 g/mol. The lowest BCUT2D eigenvalue weighted by molar-refractivity contribution is 0.134. The van der Waals surface area contributed by atoms with Crippen molar-refractivity contribution in [1.82, 2.24) is 9.55 Å². The van der Waals surface area contributed by atoms with Crippen molar-refractivity contribution < 1.29 is 4.74 Å². The number of hydrogen-bond acceptors (Lipinski definition) is 3.